The molecule has 0 unspecified atom stereocenters. The first kappa shape index (κ1) is 22.3. The van der Waals surface area contributed by atoms with Gasteiger partial charge in [0.2, 0.25) is 0 Å². The number of nitrogen functional groups attached to an aromatic ring is 1. The van der Waals surface area contributed by atoms with Gasteiger partial charge in [0.15, 0.2) is 0 Å². The Kier molecular flexibility index (Phi) is 6.27. The number of anilines is 1. The Labute approximate surface area is 189 Å². The highest BCUT2D eigenvalue weighted by atomic mass is 19.1. The Balaban J connectivity index is 1.51. The van der Waals surface area contributed by atoms with Gasteiger partial charge in [-0.2, -0.15) is 10.4 Å². The third-order valence-corrected chi connectivity index (χ3v) is 5.87. The van der Waals surface area contributed by atoms with Crippen molar-refractivity contribution in [2.45, 2.75) is 38.1 Å². The molecule has 0 saturated heterocycles. The number of hydrogen-bond donors (Lipinski definition) is 2. The number of aromatic nitrogens is 2. The topological polar surface area (TPSA) is 120 Å². The van der Waals surface area contributed by atoms with Crippen LogP contribution in [0.4, 0.5) is 14.6 Å². The molecule has 1 aromatic heterocycles. The van der Waals surface area contributed by atoms with Crippen molar-refractivity contribution in [3.05, 3.63) is 64.7 Å². The van der Waals surface area contributed by atoms with Crippen molar-refractivity contribution >= 4 is 11.7 Å². The van der Waals surface area contributed by atoms with Crippen LogP contribution in [0.25, 0.3) is 11.3 Å². The van der Waals surface area contributed by atoms with E-state index in [1.165, 1.54) is 18.2 Å². The number of hydrogen-bond acceptors (Lipinski definition) is 5. The van der Waals surface area contributed by atoms with E-state index in [4.69, 9.17) is 16.2 Å². The lowest BCUT2D eigenvalue weighted by Gasteiger charge is -2.11. The molecule has 0 spiro atoms. The second-order valence-electron chi connectivity index (χ2n) is 8.02. The molecule has 4 rings (SSSR count). The molecule has 4 N–H and O–H groups in total. The van der Waals surface area contributed by atoms with Crippen LogP contribution in [-0.4, -0.2) is 22.3 Å². The summed E-state index contributed by atoms with van der Waals surface area (Å²) in [4.78, 5) is 11.5. The minimum Gasteiger partial charge on any atom is -0.492 e. The normalized spacial score (nSPS) is 13.7. The Bertz CT molecular complexity index is 1240. The molecule has 170 valence electrons. The summed E-state index contributed by atoms with van der Waals surface area (Å²) in [6, 6.07) is 10.3. The van der Waals surface area contributed by atoms with Crippen molar-refractivity contribution in [1.82, 2.24) is 9.78 Å². The van der Waals surface area contributed by atoms with Crippen molar-refractivity contribution in [3.8, 4) is 23.1 Å². The number of primary amides is 1. The van der Waals surface area contributed by atoms with Crippen LogP contribution in [0.1, 0.15) is 53.2 Å². The van der Waals surface area contributed by atoms with E-state index in [1.54, 1.807) is 16.8 Å². The molecule has 7 nitrogen and oxygen atoms in total. The Morgan fingerprint density at radius 3 is 2.64 bits per heavy atom. The molecule has 1 aliphatic rings. The lowest BCUT2D eigenvalue weighted by molar-refractivity contribution is 0.0996. The molecule has 1 fully saturated rings. The fourth-order valence-electron chi connectivity index (χ4n) is 4.18. The summed E-state index contributed by atoms with van der Waals surface area (Å²) in [5.74, 6) is -1.50. The number of amides is 1. The molecule has 1 saturated carbocycles. The van der Waals surface area contributed by atoms with Crippen LogP contribution in [-0.2, 0) is 6.42 Å². The van der Waals surface area contributed by atoms with E-state index in [1.807, 2.05) is 0 Å². The SMILES string of the molecule is N#Cc1c(-c2ccc(CCOc3ccc(F)cc3C(N)=O)cc2F)nn(C2CCCC2)c1N. The lowest BCUT2D eigenvalue weighted by Crippen LogP contribution is -2.14. The third-order valence-electron chi connectivity index (χ3n) is 5.87. The predicted molar refractivity (Wildman–Crippen MR) is 118 cm³/mol. The van der Waals surface area contributed by atoms with Crippen LogP contribution < -0.4 is 16.2 Å². The molecule has 1 aliphatic carbocycles. The quantitative estimate of drug-likeness (QED) is 0.560. The number of ether oxygens (including phenoxy) is 1. The van der Waals surface area contributed by atoms with Gasteiger partial charge in [-0.15, -0.1) is 0 Å². The summed E-state index contributed by atoms with van der Waals surface area (Å²) < 4.78 is 35.6. The zero-order valence-electron chi connectivity index (χ0n) is 17.9. The molecule has 1 amide bonds. The van der Waals surface area contributed by atoms with Gasteiger partial charge in [0, 0.05) is 12.0 Å². The van der Waals surface area contributed by atoms with Gasteiger partial charge in [0.1, 0.15) is 40.5 Å². The predicted octanol–water partition coefficient (Wildman–Crippen LogP) is 4.12. The molecule has 33 heavy (non-hydrogen) atoms. The fraction of sp³-hybridized carbons (Fsp3) is 0.292. The average molecular weight is 451 g/mol. The van der Waals surface area contributed by atoms with Crippen molar-refractivity contribution in [3.63, 3.8) is 0 Å². The summed E-state index contributed by atoms with van der Waals surface area (Å²) >= 11 is 0. The Hall–Kier alpha value is -3.93. The zero-order valence-corrected chi connectivity index (χ0v) is 17.9. The van der Waals surface area contributed by atoms with Gasteiger partial charge in [-0.3, -0.25) is 4.79 Å². The Morgan fingerprint density at radius 1 is 1.21 bits per heavy atom. The summed E-state index contributed by atoms with van der Waals surface area (Å²) in [5, 5.41) is 14.1. The molecule has 3 aromatic rings. The standard InChI is InChI=1S/C24H23F2N5O2/c25-15-6-8-21(18(12-15)24(29)32)33-10-9-14-5-7-17(20(26)11-14)22-19(13-27)23(28)31(30-22)16-3-1-2-4-16/h5-8,11-12,16H,1-4,9-10,28H2,(H2,29,32). The van der Waals surface area contributed by atoms with Crippen molar-refractivity contribution < 1.29 is 18.3 Å². The van der Waals surface area contributed by atoms with Crippen LogP contribution >= 0.6 is 0 Å². The van der Waals surface area contributed by atoms with E-state index in [0.717, 1.165) is 31.7 Å². The monoisotopic (exact) mass is 451 g/mol. The number of nitrogens with zero attached hydrogens (tertiary/aromatic N) is 3. The number of rotatable bonds is 7. The second-order valence-corrected chi connectivity index (χ2v) is 8.02. The van der Waals surface area contributed by atoms with E-state index in [9.17, 15) is 18.8 Å². The number of carbonyl (C=O) groups excluding carboxylic acids is 1. The molecule has 0 aliphatic heterocycles. The zero-order chi connectivity index (χ0) is 23.5. The van der Waals surface area contributed by atoms with Crippen LogP contribution in [0, 0.1) is 23.0 Å². The van der Waals surface area contributed by atoms with Crippen LogP contribution in [0.15, 0.2) is 36.4 Å². The molecular formula is C24H23F2N5O2. The number of nitriles is 1. The maximum Gasteiger partial charge on any atom is 0.252 e. The first-order valence-electron chi connectivity index (χ1n) is 10.7. The van der Waals surface area contributed by atoms with Crippen molar-refractivity contribution in [2.75, 3.05) is 12.3 Å². The molecule has 2 aromatic carbocycles. The second kappa shape index (κ2) is 9.28. The molecule has 0 bridgehead atoms. The maximum atomic E-state index is 15.0. The number of benzene rings is 2. The smallest absolute Gasteiger partial charge is 0.252 e. The molecular weight excluding hydrogens is 428 g/mol. The fourth-order valence-corrected chi connectivity index (χ4v) is 4.18. The van der Waals surface area contributed by atoms with Gasteiger partial charge in [-0.25, -0.2) is 13.5 Å². The third kappa shape index (κ3) is 4.51. The summed E-state index contributed by atoms with van der Waals surface area (Å²) in [7, 11) is 0. The van der Waals surface area contributed by atoms with Crippen LogP contribution in [0.3, 0.4) is 0 Å². The van der Waals surface area contributed by atoms with E-state index in [2.05, 4.69) is 11.2 Å². The highest BCUT2D eigenvalue weighted by Crippen LogP contribution is 2.36. The van der Waals surface area contributed by atoms with E-state index in [-0.39, 0.29) is 46.6 Å². The minimum absolute atomic E-state index is 0.0593. The molecule has 9 heteroatoms. The average Bonchev–Trinajstić information content (AvgIpc) is 3.42. The van der Waals surface area contributed by atoms with E-state index in [0.29, 0.717) is 12.0 Å². The van der Waals surface area contributed by atoms with Crippen LogP contribution in [0.2, 0.25) is 0 Å². The minimum atomic E-state index is -0.801. The molecule has 0 radical (unpaired) electrons. The van der Waals surface area contributed by atoms with Crippen molar-refractivity contribution in [2.24, 2.45) is 5.73 Å². The van der Waals surface area contributed by atoms with Gasteiger partial charge in [-0.1, -0.05) is 18.9 Å². The van der Waals surface area contributed by atoms with Gasteiger partial charge in [0.25, 0.3) is 5.91 Å². The van der Waals surface area contributed by atoms with Crippen molar-refractivity contribution in [1.29, 1.82) is 5.26 Å². The summed E-state index contributed by atoms with van der Waals surface area (Å²) in [6.45, 7) is 0.122. The van der Waals surface area contributed by atoms with Crippen LogP contribution in [0.5, 0.6) is 5.75 Å². The number of carbonyl (C=O) groups is 1. The van der Waals surface area contributed by atoms with Gasteiger partial charge in [0.05, 0.1) is 18.2 Å². The van der Waals surface area contributed by atoms with Gasteiger partial charge in [-0.05, 0) is 48.7 Å². The number of halogens is 2. The Morgan fingerprint density at radius 2 is 1.97 bits per heavy atom. The highest BCUT2D eigenvalue weighted by Gasteiger charge is 2.26. The summed E-state index contributed by atoms with van der Waals surface area (Å²) in [6.07, 6.45) is 4.35. The van der Waals surface area contributed by atoms with E-state index < -0.39 is 17.5 Å². The summed E-state index contributed by atoms with van der Waals surface area (Å²) in [5.41, 5.74) is 12.6. The lowest BCUT2D eigenvalue weighted by atomic mass is 10.0. The molecule has 0 atom stereocenters. The first-order chi connectivity index (χ1) is 15.9. The maximum absolute atomic E-state index is 15.0. The number of nitrogens with two attached hydrogens (primary N) is 2. The van der Waals surface area contributed by atoms with Gasteiger partial charge >= 0.3 is 0 Å². The van der Waals surface area contributed by atoms with E-state index >= 15 is 0 Å². The van der Waals surface area contributed by atoms with Gasteiger partial charge < -0.3 is 16.2 Å². The highest BCUT2D eigenvalue weighted by molar-refractivity contribution is 5.95. The molecule has 1 heterocycles. The first-order valence-corrected chi connectivity index (χ1v) is 10.7. The largest absolute Gasteiger partial charge is 0.492 e.